The summed E-state index contributed by atoms with van der Waals surface area (Å²) in [5.41, 5.74) is 0. The second-order valence-electron chi connectivity index (χ2n) is 2.00. The number of carbonyl (C=O) groups is 1. The zero-order valence-electron chi connectivity index (χ0n) is 4.55. The third kappa shape index (κ3) is 1.40. The van der Waals surface area contributed by atoms with Gasteiger partial charge in [0.1, 0.15) is 0 Å². The molecule has 46 valence electrons. The smallest absolute Gasteiger partial charge is 0.220 e. The molecule has 1 aliphatic rings. The van der Waals surface area contributed by atoms with Crippen LogP contribution in [0.4, 0.5) is 0 Å². The van der Waals surface area contributed by atoms with Gasteiger partial charge in [-0.15, -0.1) is 0 Å². The molecule has 0 aromatic rings. The van der Waals surface area contributed by atoms with Gasteiger partial charge in [-0.3, -0.25) is 4.79 Å². The summed E-state index contributed by atoms with van der Waals surface area (Å²) in [4.78, 5) is 10.5. The number of thiol groups is 1. The van der Waals surface area contributed by atoms with Crippen LogP contribution in [0.3, 0.4) is 0 Å². The lowest BCUT2D eigenvalue weighted by atomic mass is 10.1. The van der Waals surface area contributed by atoms with E-state index < -0.39 is 0 Å². The van der Waals surface area contributed by atoms with Gasteiger partial charge < -0.3 is 5.32 Å². The molecule has 1 N–H and O–H groups in total. The lowest BCUT2D eigenvalue weighted by molar-refractivity contribution is -0.122. The summed E-state index contributed by atoms with van der Waals surface area (Å²) in [6.45, 7) is 0.738. The average molecular weight is 131 g/mol. The summed E-state index contributed by atoms with van der Waals surface area (Å²) < 4.78 is 0. The molecule has 0 saturated carbocycles. The second-order valence-corrected chi connectivity index (χ2v) is 2.73. The molecule has 0 aliphatic carbocycles. The van der Waals surface area contributed by atoms with E-state index in [1.54, 1.807) is 0 Å². The number of hydrogen-bond donors (Lipinski definition) is 2. The average Bonchev–Trinajstić information content (AvgIpc) is 1.77. The van der Waals surface area contributed by atoms with E-state index in [0.29, 0.717) is 11.7 Å². The van der Waals surface area contributed by atoms with Crippen molar-refractivity contribution in [3.63, 3.8) is 0 Å². The van der Waals surface area contributed by atoms with Crippen molar-refractivity contribution in [1.29, 1.82) is 0 Å². The number of nitrogens with one attached hydrogen (secondary N) is 1. The standard InChI is InChI=1S/C5H9NOS/c7-5-2-1-4(8)3-6-5/h4,8H,1-3H2,(H,6,7). The Balaban J connectivity index is 2.29. The van der Waals surface area contributed by atoms with Crippen molar-refractivity contribution in [1.82, 2.24) is 5.32 Å². The first-order valence-corrected chi connectivity index (χ1v) is 3.25. The van der Waals surface area contributed by atoms with Crippen LogP contribution in [0, 0.1) is 0 Å². The minimum absolute atomic E-state index is 0.162. The summed E-state index contributed by atoms with van der Waals surface area (Å²) in [6.07, 6.45) is 1.57. The second kappa shape index (κ2) is 2.40. The van der Waals surface area contributed by atoms with Gasteiger partial charge in [0.05, 0.1) is 0 Å². The van der Waals surface area contributed by atoms with Crippen LogP contribution in [0.15, 0.2) is 0 Å². The van der Waals surface area contributed by atoms with E-state index in [2.05, 4.69) is 17.9 Å². The van der Waals surface area contributed by atoms with Crippen LogP contribution in [-0.2, 0) is 4.79 Å². The topological polar surface area (TPSA) is 29.1 Å². The highest BCUT2D eigenvalue weighted by molar-refractivity contribution is 7.81. The molecule has 8 heavy (non-hydrogen) atoms. The van der Waals surface area contributed by atoms with Crippen molar-refractivity contribution in [2.24, 2.45) is 0 Å². The molecule has 2 nitrogen and oxygen atoms in total. The first kappa shape index (κ1) is 5.95. The van der Waals surface area contributed by atoms with Crippen molar-refractivity contribution < 1.29 is 4.79 Å². The van der Waals surface area contributed by atoms with Crippen molar-refractivity contribution in [3.8, 4) is 0 Å². The predicted octanol–water partition coefficient (Wildman–Crippen LogP) is 0.195. The third-order valence-electron chi connectivity index (χ3n) is 1.24. The molecule has 3 heteroatoms. The van der Waals surface area contributed by atoms with Crippen LogP contribution in [-0.4, -0.2) is 17.7 Å². The van der Waals surface area contributed by atoms with Crippen LogP contribution < -0.4 is 5.32 Å². The Labute approximate surface area is 54.1 Å². The normalized spacial score (nSPS) is 29.6. The summed E-state index contributed by atoms with van der Waals surface area (Å²) >= 11 is 4.19. The van der Waals surface area contributed by atoms with E-state index >= 15 is 0 Å². The third-order valence-corrected chi connectivity index (χ3v) is 1.68. The molecule has 0 aromatic heterocycles. The highest BCUT2D eigenvalue weighted by Gasteiger charge is 2.13. The number of hydrogen-bond acceptors (Lipinski definition) is 2. The van der Waals surface area contributed by atoms with Crippen LogP contribution >= 0.6 is 12.6 Å². The summed E-state index contributed by atoms with van der Waals surface area (Å²) in [5, 5.41) is 3.10. The van der Waals surface area contributed by atoms with Gasteiger partial charge in [-0.1, -0.05) is 0 Å². The van der Waals surface area contributed by atoms with Crippen LogP contribution in [0.1, 0.15) is 12.8 Å². The lowest BCUT2D eigenvalue weighted by Gasteiger charge is -2.16. The van der Waals surface area contributed by atoms with E-state index in [9.17, 15) is 4.79 Å². The minimum Gasteiger partial charge on any atom is -0.355 e. The maximum Gasteiger partial charge on any atom is 0.220 e. The predicted molar refractivity (Wildman–Crippen MR) is 35.0 cm³/mol. The maximum absolute atomic E-state index is 10.5. The molecule has 1 unspecified atom stereocenters. The summed E-state index contributed by atoms with van der Waals surface area (Å²) in [5.74, 6) is 0.162. The highest BCUT2D eigenvalue weighted by atomic mass is 32.1. The fourth-order valence-electron chi connectivity index (χ4n) is 0.720. The molecule has 1 saturated heterocycles. The van der Waals surface area contributed by atoms with E-state index in [4.69, 9.17) is 0 Å². The Morgan fingerprint density at radius 2 is 2.50 bits per heavy atom. The molecule has 1 atom stereocenters. The van der Waals surface area contributed by atoms with E-state index in [1.807, 2.05) is 0 Å². The molecule has 1 fully saturated rings. The number of amides is 1. The van der Waals surface area contributed by atoms with Gasteiger partial charge in [0.25, 0.3) is 0 Å². The van der Waals surface area contributed by atoms with Crippen LogP contribution in [0.2, 0.25) is 0 Å². The summed E-state index contributed by atoms with van der Waals surface area (Å²) in [6, 6.07) is 0. The largest absolute Gasteiger partial charge is 0.355 e. The van der Waals surface area contributed by atoms with E-state index in [1.165, 1.54) is 0 Å². The first-order chi connectivity index (χ1) is 3.79. The quantitative estimate of drug-likeness (QED) is 0.452. The number of rotatable bonds is 0. The fourth-order valence-corrected chi connectivity index (χ4v) is 0.940. The van der Waals surface area contributed by atoms with Gasteiger partial charge in [0, 0.05) is 18.2 Å². The van der Waals surface area contributed by atoms with Crippen molar-refractivity contribution in [3.05, 3.63) is 0 Å². The molecule has 1 rings (SSSR count). The maximum atomic E-state index is 10.5. The van der Waals surface area contributed by atoms with Crippen molar-refractivity contribution in [2.75, 3.05) is 6.54 Å². The molecule has 0 aromatic carbocycles. The molecule has 1 heterocycles. The lowest BCUT2D eigenvalue weighted by Crippen LogP contribution is -2.35. The monoisotopic (exact) mass is 131 g/mol. The van der Waals surface area contributed by atoms with Gasteiger partial charge >= 0.3 is 0 Å². The Kier molecular flexibility index (Phi) is 1.78. The SMILES string of the molecule is O=C1CCC(S)CN1. The number of carbonyl (C=O) groups excluding carboxylic acids is 1. The first-order valence-electron chi connectivity index (χ1n) is 2.74. The van der Waals surface area contributed by atoms with Gasteiger partial charge in [-0.2, -0.15) is 12.6 Å². The molecule has 0 spiro atoms. The van der Waals surface area contributed by atoms with Crippen molar-refractivity contribution >= 4 is 18.5 Å². The Morgan fingerprint density at radius 1 is 1.75 bits per heavy atom. The molecule has 0 bridgehead atoms. The van der Waals surface area contributed by atoms with E-state index in [0.717, 1.165) is 13.0 Å². The van der Waals surface area contributed by atoms with Crippen molar-refractivity contribution in [2.45, 2.75) is 18.1 Å². The van der Waals surface area contributed by atoms with Crippen LogP contribution in [0.25, 0.3) is 0 Å². The van der Waals surface area contributed by atoms with E-state index in [-0.39, 0.29) is 5.91 Å². The molecular formula is C5H9NOS. The van der Waals surface area contributed by atoms with Gasteiger partial charge in [0.15, 0.2) is 0 Å². The van der Waals surface area contributed by atoms with Gasteiger partial charge in [0.2, 0.25) is 5.91 Å². The zero-order chi connectivity index (χ0) is 5.98. The van der Waals surface area contributed by atoms with Gasteiger partial charge in [-0.05, 0) is 6.42 Å². The zero-order valence-corrected chi connectivity index (χ0v) is 5.45. The molecule has 1 amide bonds. The fraction of sp³-hybridized carbons (Fsp3) is 0.800. The Bertz CT molecular complexity index is 94.6. The molecular weight excluding hydrogens is 122 g/mol. The van der Waals surface area contributed by atoms with Gasteiger partial charge in [-0.25, -0.2) is 0 Å². The highest BCUT2D eigenvalue weighted by Crippen LogP contribution is 2.07. The Morgan fingerprint density at radius 3 is 2.88 bits per heavy atom. The van der Waals surface area contributed by atoms with Crippen LogP contribution in [0.5, 0.6) is 0 Å². The number of piperidine rings is 1. The minimum atomic E-state index is 0.162. The Hall–Kier alpha value is -0.180. The molecule has 0 radical (unpaired) electrons. The summed E-state index contributed by atoms with van der Waals surface area (Å²) in [7, 11) is 0. The molecule has 1 aliphatic heterocycles.